The van der Waals surface area contributed by atoms with Crippen molar-refractivity contribution in [1.82, 2.24) is 0 Å². The average molecular weight is 346 g/mol. The molecule has 0 fully saturated rings. The van der Waals surface area contributed by atoms with Crippen LogP contribution in [0.1, 0.15) is 16.7 Å². The zero-order chi connectivity index (χ0) is 13.0. The lowest BCUT2D eigenvalue weighted by molar-refractivity contribution is 1.40. The van der Waals surface area contributed by atoms with Gasteiger partial charge in [-0.3, -0.25) is 4.99 Å². The number of nitrogens with zero attached hydrogens (tertiary/aromatic N) is 2. The molecule has 0 heterocycles. The van der Waals surface area contributed by atoms with Gasteiger partial charge in [0, 0.05) is 9.78 Å². The van der Waals surface area contributed by atoms with Crippen molar-refractivity contribution in [2.75, 3.05) is 0 Å². The normalized spacial score (nSPS) is 10.5. The van der Waals surface area contributed by atoms with Gasteiger partial charge in [0.15, 0.2) is 0 Å². The summed E-state index contributed by atoms with van der Waals surface area (Å²) in [4.78, 5) is 4.42. The predicted octanol–water partition coefficient (Wildman–Crippen LogP) is 4.22. The highest BCUT2D eigenvalue weighted by atomic mass is 127. The summed E-state index contributed by atoms with van der Waals surface area (Å²) in [6.45, 7) is 2.08. The molecule has 88 valence electrons. The Balaban J connectivity index is 2.19. The predicted molar refractivity (Wildman–Crippen MR) is 82.3 cm³/mol. The molecule has 0 aliphatic rings. The Morgan fingerprint density at radius 1 is 1.17 bits per heavy atom. The van der Waals surface area contributed by atoms with E-state index in [0.717, 1.165) is 11.3 Å². The summed E-state index contributed by atoms with van der Waals surface area (Å²) in [5.74, 6) is 0. The van der Waals surface area contributed by atoms with Crippen molar-refractivity contribution in [1.29, 1.82) is 5.26 Å². The zero-order valence-electron chi connectivity index (χ0n) is 9.89. The van der Waals surface area contributed by atoms with Crippen LogP contribution in [0.5, 0.6) is 0 Å². The van der Waals surface area contributed by atoms with Gasteiger partial charge in [0.2, 0.25) is 0 Å². The molecule has 0 spiro atoms. The third-order valence-corrected chi connectivity index (χ3v) is 3.72. The molecule has 0 N–H and O–H groups in total. The topological polar surface area (TPSA) is 36.1 Å². The Kier molecular flexibility index (Phi) is 4.11. The van der Waals surface area contributed by atoms with Gasteiger partial charge in [0.05, 0.1) is 17.3 Å². The molecule has 2 rings (SSSR count). The van der Waals surface area contributed by atoms with Gasteiger partial charge in [0.25, 0.3) is 0 Å². The van der Waals surface area contributed by atoms with Gasteiger partial charge in [-0.2, -0.15) is 5.26 Å². The first-order valence-electron chi connectivity index (χ1n) is 5.49. The van der Waals surface area contributed by atoms with Gasteiger partial charge in [-0.1, -0.05) is 18.2 Å². The second-order valence-electron chi connectivity index (χ2n) is 3.93. The van der Waals surface area contributed by atoms with Crippen molar-refractivity contribution in [2.24, 2.45) is 4.99 Å². The zero-order valence-corrected chi connectivity index (χ0v) is 12.0. The van der Waals surface area contributed by atoms with Crippen molar-refractivity contribution in [2.45, 2.75) is 6.92 Å². The smallest absolute Gasteiger partial charge is 0.0991 e. The number of hydrogen-bond donors (Lipinski definition) is 0. The van der Waals surface area contributed by atoms with E-state index in [1.54, 1.807) is 12.1 Å². The first-order valence-corrected chi connectivity index (χ1v) is 6.57. The van der Waals surface area contributed by atoms with Crippen LogP contribution >= 0.6 is 22.6 Å². The van der Waals surface area contributed by atoms with E-state index in [1.165, 1.54) is 9.13 Å². The van der Waals surface area contributed by atoms with Crippen molar-refractivity contribution >= 4 is 34.5 Å². The van der Waals surface area contributed by atoms with E-state index >= 15 is 0 Å². The Bertz CT molecular complexity index is 622. The van der Waals surface area contributed by atoms with Crippen LogP contribution in [0.25, 0.3) is 0 Å². The second kappa shape index (κ2) is 5.78. The van der Waals surface area contributed by atoms with Crippen LogP contribution in [0.2, 0.25) is 0 Å². The largest absolute Gasteiger partial charge is 0.256 e. The fraction of sp³-hybridized carbons (Fsp3) is 0.0667. The number of hydrogen-bond acceptors (Lipinski definition) is 2. The van der Waals surface area contributed by atoms with E-state index < -0.39 is 0 Å². The minimum atomic E-state index is 0.664. The molecule has 0 atom stereocenters. The SMILES string of the molecule is Cc1ccc(N=Cc2ccc(C#N)cc2)cc1I. The molecule has 0 saturated carbocycles. The van der Waals surface area contributed by atoms with Crippen LogP contribution in [0, 0.1) is 21.8 Å². The summed E-state index contributed by atoms with van der Waals surface area (Å²) in [6, 6.07) is 15.6. The molecule has 0 aliphatic carbocycles. The number of rotatable bonds is 2. The third-order valence-electron chi connectivity index (χ3n) is 2.56. The summed E-state index contributed by atoms with van der Waals surface area (Å²) in [6.07, 6.45) is 1.81. The maximum Gasteiger partial charge on any atom is 0.0991 e. The van der Waals surface area contributed by atoms with Crippen molar-refractivity contribution in [3.05, 3.63) is 62.7 Å². The highest BCUT2D eigenvalue weighted by Gasteiger charge is 1.95. The Morgan fingerprint density at radius 2 is 1.89 bits per heavy atom. The van der Waals surface area contributed by atoms with E-state index in [4.69, 9.17) is 5.26 Å². The maximum atomic E-state index is 8.71. The van der Waals surface area contributed by atoms with Gasteiger partial charge >= 0.3 is 0 Å². The highest BCUT2D eigenvalue weighted by Crippen LogP contribution is 2.19. The lowest BCUT2D eigenvalue weighted by Gasteiger charge is -1.99. The molecule has 2 nitrogen and oxygen atoms in total. The van der Waals surface area contributed by atoms with Crippen molar-refractivity contribution < 1.29 is 0 Å². The van der Waals surface area contributed by atoms with Crippen LogP contribution in [0.3, 0.4) is 0 Å². The first kappa shape index (κ1) is 12.8. The summed E-state index contributed by atoms with van der Waals surface area (Å²) < 4.78 is 1.21. The number of aliphatic imine (C=N–C) groups is 1. The summed E-state index contributed by atoms with van der Waals surface area (Å²) >= 11 is 2.30. The van der Waals surface area contributed by atoms with Gasteiger partial charge < -0.3 is 0 Å². The average Bonchev–Trinajstić information content (AvgIpc) is 2.41. The molecule has 0 aliphatic heterocycles. The molecule has 2 aromatic carbocycles. The maximum absolute atomic E-state index is 8.71. The van der Waals surface area contributed by atoms with Gasteiger partial charge in [-0.05, 0) is 64.9 Å². The number of halogens is 1. The Labute approximate surface area is 120 Å². The molecular weight excluding hydrogens is 335 g/mol. The van der Waals surface area contributed by atoms with Crippen LogP contribution in [0.4, 0.5) is 5.69 Å². The fourth-order valence-corrected chi connectivity index (χ4v) is 1.95. The molecule has 0 aromatic heterocycles. The van der Waals surface area contributed by atoms with Crippen LogP contribution in [-0.2, 0) is 0 Å². The minimum Gasteiger partial charge on any atom is -0.256 e. The van der Waals surface area contributed by atoms with Gasteiger partial charge in [-0.15, -0.1) is 0 Å². The monoisotopic (exact) mass is 346 g/mol. The molecule has 0 radical (unpaired) electrons. The molecule has 18 heavy (non-hydrogen) atoms. The molecule has 0 amide bonds. The molecular formula is C15H11IN2. The molecule has 0 bridgehead atoms. The van der Waals surface area contributed by atoms with E-state index in [9.17, 15) is 0 Å². The molecule has 3 heteroatoms. The number of aryl methyl sites for hydroxylation is 1. The van der Waals surface area contributed by atoms with E-state index in [1.807, 2.05) is 24.4 Å². The Morgan fingerprint density at radius 3 is 2.50 bits per heavy atom. The number of benzene rings is 2. The van der Waals surface area contributed by atoms with Crippen LogP contribution in [-0.4, -0.2) is 6.21 Å². The lowest BCUT2D eigenvalue weighted by atomic mass is 10.2. The highest BCUT2D eigenvalue weighted by molar-refractivity contribution is 14.1. The van der Waals surface area contributed by atoms with Crippen LogP contribution < -0.4 is 0 Å². The number of nitriles is 1. The summed E-state index contributed by atoms with van der Waals surface area (Å²) in [5.41, 5.74) is 3.85. The third kappa shape index (κ3) is 3.17. The molecule has 0 saturated heterocycles. The quantitative estimate of drug-likeness (QED) is 0.592. The van der Waals surface area contributed by atoms with Crippen molar-refractivity contribution in [3.8, 4) is 6.07 Å². The second-order valence-corrected chi connectivity index (χ2v) is 5.09. The summed E-state index contributed by atoms with van der Waals surface area (Å²) in [5, 5.41) is 8.71. The van der Waals surface area contributed by atoms with Crippen LogP contribution in [0.15, 0.2) is 47.5 Å². The summed E-state index contributed by atoms with van der Waals surface area (Å²) in [7, 11) is 0. The van der Waals surface area contributed by atoms with E-state index in [2.05, 4.69) is 52.7 Å². The minimum absolute atomic E-state index is 0.664. The molecule has 2 aromatic rings. The Hall–Kier alpha value is -1.67. The fourth-order valence-electron chi connectivity index (χ4n) is 1.45. The van der Waals surface area contributed by atoms with E-state index in [0.29, 0.717) is 5.56 Å². The van der Waals surface area contributed by atoms with Gasteiger partial charge in [0.1, 0.15) is 0 Å². The van der Waals surface area contributed by atoms with E-state index in [-0.39, 0.29) is 0 Å². The van der Waals surface area contributed by atoms with Crippen molar-refractivity contribution in [3.63, 3.8) is 0 Å². The molecule has 0 unspecified atom stereocenters. The first-order chi connectivity index (χ1) is 8.69. The van der Waals surface area contributed by atoms with Gasteiger partial charge in [-0.25, -0.2) is 0 Å². The lowest BCUT2D eigenvalue weighted by Crippen LogP contribution is -1.82. The standard InChI is InChI=1S/C15H11IN2/c1-11-2-7-14(8-15(11)16)18-10-13-5-3-12(9-17)4-6-13/h2-8,10H,1H3.